The number of benzene rings is 3. The van der Waals surface area contributed by atoms with Crippen LogP contribution in [0.15, 0.2) is 78.3 Å². The Balaban J connectivity index is 0.000000317. The number of nitrogens with zero attached hydrogens (tertiary/aromatic N) is 1. The zero-order valence-electron chi connectivity index (χ0n) is 26.3. The SMILES string of the molecule is C=Cc1ccc(OCCCCCCCC)cc1.CCCCCCCCOc1ccc(C=Nc2ccc(C)c(O)c2)cc1. The Kier molecular flexibility index (Phi) is 18.3. The molecule has 3 rings (SSSR count). The number of unbranched alkanes of at least 4 members (excludes halogenated alkanes) is 10. The maximum Gasteiger partial charge on any atom is 0.120 e. The fourth-order valence-electron chi connectivity index (χ4n) is 4.32. The summed E-state index contributed by atoms with van der Waals surface area (Å²) in [5.41, 5.74) is 3.74. The first-order chi connectivity index (χ1) is 20.5. The van der Waals surface area contributed by atoms with E-state index < -0.39 is 0 Å². The summed E-state index contributed by atoms with van der Waals surface area (Å²) in [6.07, 6.45) is 19.1. The van der Waals surface area contributed by atoms with Gasteiger partial charge in [0.2, 0.25) is 0 Å². The van der Waals surface area contributed by atoms with Gasteiger partial charge in [0.15, 0.2) is 0 Å². The number of aryl methyl sites for hydroxylation is 1. The average molecular weight is 572 g/mol. The van der Waals surface area contributed by atoms with Crippen LogP contribution in [0.3, 0.4) is 0 Å². The summed E-state index contributed by atoms with van der Waals surface area (Å²) >= 11 is 0. The molecule has 3 aromatic rings. The van der Waals surface area contributed by atoms with E-state index in [1.54, 1.807) is 12.3 Å². The van der Waals surface area contributed by atoms with Crippen LogP contribution in [0.2, 0.25) is 0 Å². The minimum absolute atomic E-state index is 0.271. The van der Waals surface area contributed by atoms with Crippen molar-refractivity contribution >= 4 is 18.0 Å². The summed E-state index contributed by atoms with van der Waals surface area (Å²) < 4.78 is 11.5. The highest BCUT2D eigenvalue weighted by atomic mass is 16.5. The molecule has 0 spiro atoms. The quantitative estimate of drug-likeness (QED) is 0.115. The lowest BCUT2D eigenvalue weighted by Crippen LogP contribution is -1.97. The first-order valence-corrected chi connectivity index (χ1v) is 16.0. The number of ether oxygens (including phenoxy) is 2. The van der Waals surface area contributed by atoms with Crippen molar-refractivity contribution in [3.05, 3.63) is 90.0 Å². The van der Waals surface area contributed by atoms with Gasteiger partial charge in [0.05, 0.1) is 18.9 Å². The van der Waals surface area contributed by atoms with Crippen molar-refractivity contribution in [2.75, 3.05) is 13.2 Å². The molecule has 4 heteroatoms. The zero-order chi connectivity index (χ0) is 30.3. The Labute approximate surface area is 255 Å². The van der Waals surface area contributed by atoms with E-state index >= 15 is 0 Å². The summed E-state index contributed by atoms with van der Waals surface area (Å²) in [7, 11) is 0. The lowest BCUT2D eigenvalue weighted by atomic mass is 10.1. The molecular weight excluding hydrogens is 518 g/mol. The number of rotatable bonds is 19. The Bertz CT molecular complexity index is 1140. The molecule has 0 saturated heterocycles. The van der Waals surface area contributed by atoms with Gasteiger partial charge in [0.1, 0.15) is 17.2 Å². The van der Waals surface area contributed by atoms with Gasteiger partial charge in [-0.2, -0.15) is 0 Å². The van der Waals surface area contributed by atoms with Crippen molar-refractivity contribution in [2.24, 2.45) is 4.99 Å². The second-order valence-electron chi connectivity index (χ2n) is 10.8. The van der Waals surface area contributed by atoms with Gasteiger partial charge in [-0.05, 0) is 78.9 Å². The van der Waals surface area contributed by atoms with Crippen LogP contribution in [-0.2, 0) is 0 Å². The molecule has 3 aromatic carbocycles. The number of hydrogen-bond donors (Lipinski definition) is 1. The molecule has 0 amide bonds. The molecule has 0 radical (unpaired) electrons. The fraction of sp³-hybridized carbons (Fsp3) is 0.447. The Morgan fingerprint density at radius 3 is 1.60 bits per heavy atom. The van der Waals surface area contributed by atoms with Crippen LogP contribution in [-0.4, -0.2) is 24.5 Å². The molecule has 228 valence electrons. The predicted octanol–water partition coefficient (Wildman–Crippen LogP) is 11.3. The third-order valence-corrected chi connectivity index (χ3v) is 7.08. The van der Waals surface area contributed by atoms with Gasteiger partial charge in [-0.3, -0.25) is 4.99 Å². The highest BCUT2D eigenvalue weighted by molar-refractivity contribution is 5.82. The Morgan fingerprint density at radius 2 is 1.12 bits per heavy atom. The molecule has 0 heterocycles. The van der Waals surface area contributed by atoms with Gasteiger partial charge in [-0.1, -0.05) is 109 Å². The van der Waals surface area contributed by atoms with Gasteiger partial charge in [-0.15, -0.1) is 0 Å². The van der Waals surface area contributed by atoms with Gasteiger partial charge >= 0.3 is 0 Å². The van der Waals surface area contributed by atoms with E-state index in [1.807, 2.05) is 73.7 Å². The third kappa shape index (κ3) is 15.5. The summed E-state index contributed by atoms with van der Waals surface area (Å²) in [4.78, 5) is 4.39. The molecular formula is C38H53NO3. The van der Waals surface area contributed by atoms with Crippen LogP contribution < -0.4 is 9.47 Å². The van der Waals surface area contributed by atoms with Crippen LogP contribution in [0.5, 0.6) is 17.2 Å². The van der Waals surface area contributed by atoms with Crippen LogP contribution in [0.4, 0.5) is 5.69 Å². The zero-order valence-corrected chi connectivity index (χ0v) is 26.3. The number of aliphatic imine (C=N–C) groups is 1. The van der Waals surface area contributed by atoms with Crippen LogP contribution in [0.1, 0.15) is 108 Å². The lowest BCUT2D eigenvalue weighted by molar-refractivity contribution is 0.304. The summed E-state index contributed by atoms with van der Waals surface area (Å²) in [5.74, 6) is 2.14. The maximum atomic E-state index is 9.71. The van der Waals surface area contributed by atoms with E-state index in [0.717, 1.165) is 59.9 Å². The molecule has 0 aliphatic rings. The van der Waals surface area contributed by atoms with Crippen LogP contribution in [0, 0.1) is 6.92 Å². The van der Waals surface area contributed by atoms with Crippen LogP contribution >= 0.6 is 0 Å². The van der Waals surface area contributed by atoms with Gasteiger partial charge in [0, 0.05) is 12.3 Å². The van der Waals surface area contributed by atoms with E-state index in [1.165, 1.54) is 64.2 Å². The Hall–Kier alpha value is -3.53. The molecule has 0 aliphatic heterocycles. The summed E-state index contributed by atoms with van der Waals surface area (Å²) in [6.45, 7) is 11.7. The van der Waals surface area contributed by atoms with E-state index in [0.29, 0.717) is 0 Å². The standard InChI is InChI=1S/C22H29NO2.C16H24O/c1-3-4-5-6-7-8-15-25-21-13-10-19(11-14-21)17-23-20-12-9-18(2)22(24)16-20;1-3-5-6-7-8-9-14-17-16-12-10-15(4-2)11-13-16/h9-14,16-17,24H,3-8,15H2,1-2H3;4,10-13H,2-3,5-9,14H2,1H3. The minimum atomic E-state index is 0.271. The first kappa shape index (κ1) is 34.7. The number of phenolic OH excluding ortho intramolecular Hbond substituents is 1. The molecule has 0 unspecified atom stereocenters. The molecule has 4 nitrogen and oxygen atoms in total. The molecule has 0 saturated carbocycles. The minimum Gasteiger partial charge on any atom is -0.508 e. The summed E-state index contributed by atoms with van der Waals surface area (Å²) in [5, 5.41) is 9.71. The predicted molar refractivity (Wildman–Crippen MR) is 181 cm³/mol. The average Bonchev–Trinajstić information content (AvgIpc) is 3.02. The highest BCUT2D eigenvalue weighted by Gasteiger charge is 1.98. The second-order valence-corrected chi connectivity index (χ2v) is 10.8. The van der Waals surface area contributed by atoms with Gasteiger partial charge in [0.25, 0.3) is 0 Å². The fourth-order valence-corrected chi connectivity index (χ4v) is 4.32. The first-order valence-electron chi connectivity index (χ1n) is 16.0. The van der Waals surface area contributed by atoms with Crippen LogP contribution in [0.25, 0.3) is 6.08 Å². The smallest absolute Gasteiger partial charge is 0.120 e. The molecule has 0 bridgehead atoms. The van der Waals surface area contributed by atoms with Crippen molar-refractivity contribution in [3.63, 3.8) is 0 Å². The second kappa shape index (κ2) is 22.1. The van der Waals surface area contributed by atoms with E-state index in [2.05, 4.69) is 25.4 Å². The van der Waals surface area contributed by atoms with Gasteiger partial charge < -0.3 is 14.6 Å². The summed E-state index contributed by atoms with van der Waals surface area (Å²) in [6, 6.07) is 21.4. The number of phenols is 1. The molecule has 0 aromatic heterocycles. The lowest BCUT2D eigenvalue weighted by Gasteiger charge is -2.06. The van der Waals surface area contributed by atoms with E-state index in [9.17, 15) is 5.11 Å². The van der Waals surface area contributed by atoms with E-state index in [-0.39, 0.29) is 5.75 Å². The van der Waals surface area contributed by atoms with Crippen molar-refractivity contribution < 1.29 is 14.6 Å². The molecule has 42 heavy (non-hydrogen) atoms. The van der Waals surface area contributed by atoms with Gasteiger partial charge in [-0.25, -0.2) is 0 Å². The van der Waals surface area contributed by atoms with Crippen molar-refractivity contribution in [1.82, 2.24) is 0 Å². The molecule has 0 aliphatic carbocycles. The topological polar surface area (TPSA) is 51.0 Å². The monoisotopic (exact) mass is 571 g/mol. The Morgan fingerprint density at radius 1 is 0.643 bits per heavy atom. The molecule has 0 atom stereocenters. The molecule has 1 N–H and O–H groups in total. The van der Waals surface area contributed by atoms with Crippen molar-refractivity contribution in [2.45, 2.75) is 97.8 Å². The third-order valence-electron chi connectivity index (χ3n) is 7.08. The maximum absolute atomic E-state index is 9.71. The molecule has 0 fully saturated rings. The normalized spacial score (nSPS) is 10.7. The largest absolute Gasteiger partial charge is 0.508 e. The number of hydrogen-bond acceptors (Lipinski definition) is 4. The van der Waals surface area contributed by atoms with Crippen molar-refractivity contribution in [3.8, 4) is 17.2 Å². The van der Waals surface area contributed by atoms with Crippen molar-refractivity contribution in [1.29, 1.82) is 0 Å². The highest BCUT2D eigenvalue weighted by Crippen LogP contribution is 2.23. The number of aromatic hydroxyl groups is 1. The van der Waals surface area contributed by atoms with E-state index in [4.69, 9.17) is 9.47 Å².